The summed E-state index contributed by atoms with van der Waals surface area (Å²) in [5.74, 6) is 1.39. The monoisotopic (exact) mass is 431 g/mol. The third-order valence-corrected chi connectivity index (χ3v) is 6.39. The minimum absolute atomic E-state index is 0.0361. The fourth-order valence-corrected chi connectivity index (χ4v) is 4.48. The second-order valence-electron chi connectivity index (χ2n) is 8.45. The van der Waals surface area contributed by atoms with Crippen LogP contribution < -0.4 is 9.47 Å². The molecule has 1 saturated carbocycles. The van der Waals surface area contributed by atoms with Crippen molar-refractivity contribution in [3.63, 3.8) is 0 Å². The molecule has 0 radical (unpaired) electrons. The van der Waals surface area contributed by atoms with Crippen LogP contribution in [0.1, 0.15) is 36.0 Å². The van der Waals surface area contributed by atoms with E-state index in [-0.39, 0.29) is 17.9 Å². The van der Waals surface area contributed by atoms with Gasteiger partial charge in [-0.1, -0.05) is 0 Å². The molecule has 2 amide bonds. The second kappa shape index (κ2) is 10.3. The number of benzene rings is 1. The van der Waals surface area contributed by atoms with Crippen LogP contribution in [0.25, 0.3) is 0 Å². The number of nitrogens with zero attached hydrogens (tertiary/aromatic N) is 3. The van der Waals surface area contributed by atoms with E-state index in [0.717, 1.165) is 25.9 Å². The molecule has 0 bridgehead atoms. The number of piperazine rings is 1. The Morgan fingerprint density at radius 3 is 2.32 bits per heavy atom. The van der Waals surface area contributed by atoms with Gasteiger partial charge in [0.25, 0.3) is 5.91 Å². The SMILES string of the molecule is COc1cc(C(=O)N2CCN(C(=O)CN3CCOCC3)CC2)ccc1OC1CCCC1. The molecule has 0 atom stereocenters. The molecular weight excluding hydrogens is 398 g/mol. The molecule has 4 rings (SSSR count). The highest BCUT2D eigenvalue weighted by Gasteiger charge is 2.27. The predicted octanol–water partition coefficient (Wildman–Crippen LogP) is 1.63. The van der Waals surface area contributed by atoms with Crippen molar-refractivity contribution in [3.8, 4) is 11.5 Å². The van der Waals surface area contributed by atoms with Gasteiger partial charge in [0.05, 0.1) is 33.0 Å². The molecule has 8 heteroatoms. The second-order valence-corrected chi connectivity index (χ2v) is 8.45. The number of carbonyl (C=O) groups is 2. The maximum Gasteiger partial charge on any atom is 0.254 e. The highest BCUT2D eigenvalue weighted by molar-refractivity contribution is 5.95. The van der Waals surface area contributed by atoms with E-state index in [2.05, 4.69) is 4.90 Å². The zero-order valence-electron chi connectivity index (χ0n) is 18.4. The summed E-state index contributed by atoms with van der Waals surface area (Å²) in [6, 6.07) is 5.42. The molecule has 31 heavy (non-hydrogen) atoms. The maximum atomic E-state index is 13.0. The van der Waals surface area contributed by atoms with E-state index >= 15 is 0 Å². The molecule has 0 aromatic heterocycles. The van der Waals surface area contributed by atoms with Crippen molar-refractivity contribution >= 4 is 11.8 Å². The molecule has 170 valence electrons. The standard InChI is InChI=1S/C23H33N3O5/c1-29-21-16-18(6-7-20(21)31-19-4-2-3-5-19)23(28)26-10-8-25(9-11-26)22(27)17-24-12-14-30-15-13-24/h6-7,16,19H,2-5,8-15,17H2,1H3. The van der Waals surface area contributed by atoms with Crippen molar-refractivity contribution in [1.82, 2.24) is 14.7 Å². The van der Waals surface area contributed by atoms with Crippen LogP contribution in [-0.2, 0) is 9.53 Å². The number of hydrogen-bond acceptors (Lipinski definition) is 6. The topological polar surface area (TPSA) is 71.6 Å². The van der Waals surface area contributed by atoms with E-state index in [9.17, 15) is 9.59 Å². The molecule has 0 N–H and O–H groups in total. The fraction of sp³-hybridized carbons (Fsp3) is 0.652. The number of morpholine rings is 1. The number of amides is 2. The van der Waals surface area contributed by atoms with E-state index in [0.29, 0.717) is 63.0 Å². The summed E-state index contributed by atoms with van der Waals surface area (Å²) in [6.07, 6.45) is 4.77. The Morgan fingerprint density at radius 2 is 1.65 bits per heavy atom. The van der Waals surface area contributed by atoms with Gasteiger partial charge in [-0.25, -0.2) is 0 Å². The van der Waals surface area contributed by atoms with Crippen molar-refractivity contribution in [2.24, 2.45) is 0 Å². The molecule has 2 aliphatic heterocycles. The Kier molecular flexibility index (Phi) is 7.29. The highest BCUT2D eigenvalue weighted by atomic mass is 16.5. The summed E-state index contributed by atoms with van der Waals surface area (Å²) in [7, 11) is 1.60. The largest absolute Gasteiger partial charge is 0.493 e. The molecule has 1 aliphatic carbocycles. The van der Waals surface area contributed by atoms with Gasteiger partial charge in [0.1, 0.15) is 0 Å². The van der Waals surface area contributed by atoms with Crippen molar-refractivity contribution in [2.75, 3.05) is 66.1 Å². The van der Waals surface area contributed by atoms with Gasteiger partial charge in [-0.3, -0.25) is 14.5 Å². The molecule has 3 aliphatic rings. The molecule has 2 heterocycles. The quantitative estimate of drug-likeness (QED) is 0.682. The predicted molar refractivity (Wildman–Crippen MR) is 116 cm³/mol. The molecule has 0 unspecified atom stereocenters. The first-order valence-electron chi connectivity index (χ1n) is 11.4. The number of ether oxygens (including phenoxy) is 3. The average molecular weight is 432 g/mol. The molecule has 1 aromatic rings. The van der Waals surface area contributed by atoms with Gasteiger partial charge in [-0.15, -0.1) is 0 Å². The third kappa shape index (κ3) is 5.49. The van der Waals surface area contributed by atoms with Gasteiger partial charge < -0.3 is 24.0 Å². The van der Waals surface area contributed by atoms with Crippen molar-refractivity contribution in [1.29, 1.82) is 0 Å². The lowest BCUT2D eigenvalue weighted by atomic mass is 10.1. The van der Waals surface area contributed by atoms with Crippen LogP contribution in [0, 0.1) is 0 Å². The van der Waals surface area contributed by atoms with E-state index in [1.54, 1.807) is 13.2 Å². The molecule has 2 saturated heterocycles. The van der Waals surface area contributed by atoms with E-state index in [1.807, 2.05) is 21.9 Å². The summed E-state index contributed by atoms with van der Waals surface area (Å²) in [4.78, 5) is 31.4. The van der Waals surface area contributed by atoms with Crippen molar-refractivity contribution < 1.29 is 23.8 Å². The molecule has 1 aromatic carbocycles. The first-order valence-corrected chi connectivity index (χ1v) is 11.4. The lowest BCUT2D eigenvalue weighted by Gasteiger charge is -2.36. The maximum absolute atomic E-state index is 13.0. The summed E-state index contributed by atoms with van der Waals surface area (Å²) in [5, 5.41) is 0. The van der Waals surface area contributed by atoms with Crippen molar-refractivity contribution in [2.45, 2.75) is 31.8 Å². The Morgan fingerprint density at radius 1 is 0.968 bits per heavy atom. The Labute approximate surface area is 184 Å². The molecular formula is C23H33N3O5. The summed E-state index contributed by atoms with van der Waals surface area (Å²) < 4.78 is 16.9. The normalized spacial score (nSPS) is 20.7. The highest BCUT2D eigenvalue weighted by Crippen LogP contribution is 2.32. The van der Waals surface area contributed by atoms with Gasteiger partial charge in [-0.2, -0.15) is 0 Å². The minimum Gasteiger partial charge on any atom is -0.493 e. The smallest absolute Gasteiger partial charge is 0.254 e. The first kappa shape index (κ1) is 21.9. The molecule has 3 fully saturated rings. The van der Waals surface area contributed by atoms with Crippen LogP contribution in [0.5, 0.6) is 11.5 Å². The molecule has 0 spiro atoms. The van der Waals surface area contributed by atoms with E-state index in [4.69, 9.17) is 14.2 Å². The summed E-state index contributed by atoms with van der Waals surface area (Å²) >= 11 is 0. The van der Waals surface area contributed by atoms with Crippen LogP contribution in [0.2, 0.25) is 0 Å². The lowest BCUT2D eigenvalue weighted by molar-refractivity contribution is -0.134. The van der Waals surface area contributed by atoms with Crippen LogP contribution in [0.3, 0.4) is 0 Å². The van der Waals surface area contributed by atoms with Crippen LogP contribution >= 0.6 is 0 Å². The zero-order chi connectivity index (χ0) is 21.6. The lowest BCUT2D eigenvalue weighted by Crippen LogP contribution is -2.53. The van der Waals surface area contributed by atoms with Crippen molar-refractivity contribution in [3.05, 3.63) is 23.8 Å². The fourth-order valence-electron chi connectivity index (χ4n) is 4.48. The molecule has 8 nitrogen and oxygen atoms in total. The van der Waals surface area contributed by atoms with Gasteiger partial charge in [0.15, 0.2) is 11.5 Å². The van der Waals surface area contributed by atoms with Crippen LogP contribution in [-0.4, -0.2) is 98.8 Å². The van der Waals surface area contributed by atoms with Crippen LogP contribution in [0.15, 0.2) is 18.2 Å². The van der Waals surface area contributed by atoms with Crippen LogP contribution in [0.4, 0.5) is 0 Å². The number of carbonyl (C=O) groups excluding carboxylic acids is 2. The van der Waals surface area contributed by atoms with Gasteiger partial charge in [0.2, 0.25) is 5.91 Å². The number of methoxy groups -OCH3 is 1. The van der Waals surface area contributed by atoms with Gasteiger partial charge in [0, 0.05) is 44.8 Å². The number of rotatable bonds is 6. The third-order valence-electron chi connectivity index (χ3n) is 6.39. The summed E-state index contributed by atoms with van der Waals surface area (Å²) in [5.41, 5.74) is 0.587. The first-order chi connectivity index (χ1) is 15.1. The van der Waals surface area contributed by atoms with Gasteiger partial charge >= 0.3 is 0 Å². The average Bonchev–Trinajstić information content (AvgIpc) is 3.33. The Bertz CT molecular complexity index is 766. The zero-order valence-corrected chi connectivity index (χ0v) is 18.4. The minimum atomic E-state index is -0.0361. The van der Waals surface area contributed by atoms with E-state index in [1.165, 1.54) is 12.8 Å². The number of hydrogen-bond donors (Lipinski definition) is 0. The Hall–Kier alpha value is -2.32. The Balaban J connectivity index is 1.31. The van der Waals surface area contributed by atoms with Gasteiger partial charge in [-0.05, 0) is 43.9 Å². The van der Waals surface area contributed by atoms with E-state index < -0.39 is 0 Å². The summed E-state index contributed by atoms with van der Waals surface area (Å²) in [6.45, 7) is 5.60.